The molecule has 196 valence electrons. The largest absolute Gasteiger partial charge is 0.466 e. The molecule has 1 saturated heterocycles. The Balaban J connectivity index is 2.13. The Hall–Kier alpha value is -3.11. The van der Waals surface area contributed by atoms with Crippen LogP contribution in [0.5, 0.6) is 0 Å². The first-order valence-electron chi connectivity index (χ1n) is 11.3. The first-order valence-corrected chi connectivity index (χ1v) is 11.3. The van der Waals surface area contributed by atoms with E-state index in [2.05, 4.69) is 0 Å². The second-order valence-corrected chi connectivity index (χ2v) is 8.80. The third-order valence-corrected chi connectivity index (χ3v) is 6.47. The average Bonchev–Trinajstić information content (AvgIpc) is 2.79. The van der Waals surface area contributed by atoms with Crippen molar-refractivity contribution in [2.24, 2.45) is 5.41 Å². The van der Waals surface area contributed by atoms with Crippen LogP contribution in [0.25, 0.3) is 0 Å². The fourth-order valence-electron chi connectivity index (χ4n) is 4.79. The van der Waals surface area contributed by atoms with Gasteiger partial charge in [-0.05, 0) is 37.2 Å². The summed E-state index contributed by atoms with van der Waals surface area (Å²) in [5.41, 5.74) is -4.27. The van der Waals surface area contributed by atoms with Gasteiger partial charge in [0.25, 0.3) is 0 Å². The molecule has 1 fully saturated rings. The van der Waals surface area contributed by atoms with Crippen molar-refractivity contribution in [1.29, 1.82) is 0 Å². The van der Waals surface area contributed by atoms with Gasteiger partial charge in [-0.15, -0.1) is 0 Å². The molecule has 1 amide bonds. The number of hydrogen-bond acceptors (Lipinski definition) is 3. The number of carbonyl (C=O) groups is 2. The minimum Gasteiger partial charge on any atom is -0.466 e. The van der Waals surface area contributed by atoms with E-state index in [1.165, 1.54) is 6.92 Å². The van der Waals surface area contributed by atoms with Crippen molar-refractivity contribution in [2.45, 2.75) is 58.2 Å². The van der Waals surface area contributed by atoms with Crippen LogP contribution in [-0.4, -0.2) is 24.5 Å². The Bertz CT molecular complexity index is 1110. The number of piperidine rings is 1. The first-order chi connectivity index (χ1) is 16.8. The van der Waals surface area contributed by atoms with Crippen LogP contribution in [-0.2, 0) is 26.9 Å². The minimum absolute atomic E-state index is 0.0217. The summed E-state index contributed by atoms with van der Waals surface area (Å²) in [7, 11) is 0. The maximum absolute atomic E-state index is 14.9. The van der Waals surface area contributed by atoms with Crippen LogP contribution < -0.4 is 4.90 Å². The molecular formula is C25H24F7NO3. The molecule has 2 aromatic carbocycles. The molecule has 2 aromatic rings. The number of benzene rings is 2. The van der Waals surface area contributed by atoms with E-state index in [-0.39, 0.29) is 19.4 Å². The molecule has 0 radical (unpaired) electrons. The molecule has 36 heavy (non-hydrogen) atoms. The van der Waals surface area contributed by atoms with Gasteiger partial charge < -0.3 is 9.64 Å². The lowest BCUT2D eigenvalue weighted by Gasteiger charge is -2.46. The summed E-state index contributed by atoms with van der Waals surface area (Å²) >= 11 is 0. The first kappa shape index (κ1) is 27.5. The van der Waals surface area contributed by atoms with Gasteiger partial charge in [-0.2, -0.15) is 13.2 Å². The summed E-state index contributed by atoms with van der Waals surface area (Å²) in [4.78, 5) is 26.0. The molecule has 1 heterocycles. The van der Waals surface area contributed by atoms with Crippen molar-refractivity contribution in [1.82, 2.24) is 0 Å². The van der Waals surface area contributed by atoms with Gasteiger partial charge >= 0.3 is 12.1 Å². The summed E-state index contributed by atoms with van der Waals surface area (Å²) in [5, 5.41) is 0. The van der Waals surface area contributed by atoms with Crippen LogP contribution in [0.4, 0.5) is 36.4 Å². The van der Waals surface area contributed by atoms with E-state index in [4.69, 9.17) is 4.74 Å². The Kier molecular flexibility index (Phi) is 8.00. The number of anilines is 1. The van der Waals surface area contributed by atoms with Crippen LogP contribution in [0.3, 0.4) is 0 Å². The number of nitrogens with zero attached hydrogens (tertiary/aromatic N) is 1. The fourth-order valence-corrected chi connectivity index (χ4v) is 4.79. The summed E-state index contributed by atoms with van der Waals surface area (Å²) < 4.78 is 103. The van der Waals surface area contributed by atoms with Crippen molar-refractivity contribution in [2.75, 3.05) is 11.5 Å². The van der Waals surface area contributed by atoms with Gasteiger partial charge in [-0.1, -0.05) is 37.3 Å². The zero-order valence-corrected chi connectivity index (χ0v) is 19.5. The van der Waals surface area contributed by atoms with Crippen molar-refractivity contribution < 1.29 is 45.1 Å². The number of esters is 1. The molecule has 4 nitrogen and oxygen atoms in total. The zero-order valence-electron chi connectivity index (χ0n) is 19.5. The van der Waals surface area contributed by atoms with E-state index in [1.54, 1.807) is 25.1 Å². The third-order valence-electron chi connectivity index (χ3n) is 6.47. The average molecular weight is 519 g/mol. The van der Waals surface area contributed by atoms with E-state index in [1.807, 2.05) is 12.1 Å². The van der Waals surface area contributed by atoms with Gasteiger partial charge in [0.1, 0.15) is 11.3 Å². The molecule has 0 bridgehead atoms. The van der Waals surface area contributed by atoms with Crippen LogP contribution in [0, 0.1) is 28.7 Å². The molecule has 0 aromatic heterocycles. The van der Waals surface area contributed by atoms with Gasteiger partial charge in [-0.25, -0.2) is 17.6 Å². The zero-order chi connectivity index (χ0) is 26.8. The Labute approximate surface area is 203 Å². The van der Waals surface area contributed by atoms with Gasteiger partial charge in [0.2, 0.25) is 5.91 Å². The van der Waals surface area contributed by atoms with Crippen LogP contribution >= 0.6 is 0 Å². The molecule has 3 rings (SSSR count). The van der Waals surface area contributed by atoms with E-state index >= 15 is 0 Å². The monoisotopic (exact) mass is 519 g/mol. The van der Waals surface area contributed by atoms with Crippen molar-refractivity contribution in [3.63, 3.8) is 0 Å². The van der Waals surface area contributed by atoms with E-state index in [0.717, 1.165) is 5.56 Å². The normalized spacial score (nSPS) is 20.5. The summed E-state index contributed by atoms with van der Waals surface area (Å²) in [6, 6.07) is 7.66. The number of hydrogen-bond donors (Lipinski definition) is 0. The highest BCUT2D eigenvalue weighted by atomic mass is 19.4. The SMILES string of the molecule is CCOC(=O)CC1CC(CC)(Cc2ccccc2)CC(=O)N1c1c(F)c(F)c(C(F)(F)F)c(F)c1F. The lowest BCUT2D eigenvalue weighted by Crippen LogP contribution is -2.53. The lowest BCUT2D eigenvalue weighted by atomic mass is 9.68. The smallest absolute Gasteiger partial charge is 0.422 e. The molecule has 2 unspecified atom stereocenters. The highest BCUT2D eigenvalue weighted by Gasteiger charge is 2.49. The predicted octanol–water partition coefficient (Wildman–Crippen LogP) is 6.35. The maximum Gasteiger partial charge on any atom is 0.422 e. The van der Waals surface area contributed by atoms with Crippen molar-refractivity contribution >= 4 is 17.6 Å². The highest BCUT2D eigenvalue weighted by Crippen LogP contribution is 2.46. The number of halogens is 7. The number of amides is 1. The lowest BCUT2D eigenvalue weighted by molar-refractivity contribution is -0.144. The standard InChI is InChI=1S/C25H24F7NO3/c1-3-24(11-14-8-6-5-7-9-14)12-15(10-17(35)36-4-2)33(16(34)13-24)23-21(28)19(26)18(25(30,31)32)20(27)22(23)29/h5-9,15H,3-4,10-13H2,1-2H3. The Morgan fingerprint density at radius 1 is 1.03 bits per heavy atom. The molecule has 1 aliphatic rings. The van der Waals surface area contributed by atoms with E-state index in [9.17, 15) is 40.3 Å². The summed E-state index contributed by atoms with van der Waals surface area (Å²) in [6.07, 6.45) is -5.89. The number of carbonyl (C=O) groups excluding carboxylic acids is 2. The number of rotatable bonds is 7. The Morgan fingerprint density at radius 2 is 1.61 bits per heavy atom. The molecule has 0 N–H and O–H groups in total. The van der Waals surface area contributed by atoms with Gasteiger partial charge in [-0.3, -0.25) is 9.59 Å². The fraction of sp³-hybridized carbons (Fsp3) is 0.440. The molecule has 2 atom stereocenters. The molecule has 0 spiro atoms. The molecule has 0 saturated carbocycles. The summed E-state index contributed by atoms with van der Waals surface area (Å²) in [5.74, 6) is -11.9. The molecular weight excluding hydrogens is 495 g/mol. The number of ether oxygens (including phenoxy) is 1. The van der Waals surface area contributed by atoms with Crippen LogP contribution in [0.1, 0.15) is 50.7 Å². The second kappa shape index (κ2) is 10.5. The van der Waals surface area contributed by atoms with E-state index in [0.29, 0.717) is 17.7 Å². The topological polar surface area (TPSA) is 46.6 Å². The summed E-state index contributed by atoms with van der Waals surface area (Å²) in [6.45, 7) is 3.24. The van der Waals surface area contributed by atoms with Gasteiger partial charge in [0.15, 0.2) is 23.3 Å². The molecule has 0 aliphatic carbocycles. The molecule has 1 aliphatic heterocycles. The Morgan fingerprint density at radius 3 is 2.11 bits per heavy atom. The highest BCUT2D eigenvalue weighted by molar-refractivity contribution is 5.96. The van der Waals surface area contributed by atoms with Crippen molar-refractivity contribution in [3.05, 3.63) is 64.7 Å². The maximum atomic E-state index is 14.9. The van der Waals surface area contributed by atoms with Crippen LogP contribution in [0.15, 0.2) is 30.3 Å². The predicted molar refractivity (Wildman–Crippen MR) is 116 cm³/mol. The number of alkyl halides is 3. The quantitative estimate of drug-likeness (QED) is 0.243. The minimum atomic E-state index is -5.72. The molecule has 11 heteroatoms. The second-order valence-electron chi connectivity index (χ2n) is 8.80. The van der Waals surface area contributed by atoms with Crippen LogP contribution in [0.2, 0.25) is 0 Å². The van der Waals surface area contributed by atoms with Crippen molar-refractivity contribution in [3.8, 4) is 0 Å². The van der Waals surface area contributed by atoms with Gasteiger partial charge in [0.05, 0.1) is 13.0 Å². The van der Waals surface area contributed by atoms with Gasteiger partial charge in [0, 0.05) is 12.5 Å². The third kappa shape index (κ3) is 5.34. The van der Waals surface area contributed by atoms with E-state index < -0.39 is 70.5 Å².